The molecular formula is C29H33FN2O3. The van der Waals surface area contributed by atoms with Crippen LogP contribution in [-0.4, -0.2) is 35.9 Å². The largest absolute Gasteiger partial charge is 0.483 e. The summed E-state index contributed by atoms with van der Waals surface area (Å²) in [5.74, 6) is -0.272. The Morgan fingerprint density at radius 2 is 1.69 bits per heavy atom. The fourth-order valence-electron chi connectivity index (χ4n) is 3.89. The van der Waals surface area contributed by atoms with Crippen molar-refractivity contribution in [3.63, 3.8) is 0 Å². The Kier molecular flexibility index (Phi) is 9.41. The predicted molar refractivity (Wildman–Crippen MR) is 136 cm³/mol. The van der Waals surface area contributed by atoms with Crippen molar-refractivity contribution in [3.05, 3.63) is 101 Å². The molecule has 35 heavy (non-hydrogen) atoms. The number of halogens is 1. The van der Waals surface area contributed by atoms with Crippen molar-refractivity contribution in [3.8, 4) is 5.75 Å². The lowest BCUT2D eigenvalue weighted by atomic mass is 10.0. The number of aryl methyl sites for hydroxylation is 2. The van der Waals surface area contributed by atoms with E-state index in [4.69, 9.17) is 4.74 Å². The van der Waals surface area contributed by atoms with Gasteiger partial charge in [0.2, 0.25) is 5.91 Å². The Morgan fingerprint density at radius 3 is 2.34 bits per heavy atom. The molecule has 0 bridgehead atoms. The van der Waals surface area contributed by atoms with Crippen LogP contribution in [0.2, 0.25) is 0 Å². The average molecular weight is 477 g/mol. The van der Waals surface area contributed by atoms with E-state index < -0.39 is 6.04 Å². The summed E-state index contributed by atoms with van der Waals surface area (Å²) in [6.45, 7) is 6.37. The third kappa shape index (κ3) is 7.67. The van der Waals surface area contributed by atoms with Gasteiger partial charge < -0.3 is 15.0 Å². The van der Waals surface area contributed by atoms with E-state index in [0.717, 1.165) is 28.7 Å². The lowest BCUT2D eigenvalue weighted by Crippen LogP contribution is -2.51. The monoisotopic (exact) mass is 476 g/mol. The van der Waals surface area contributed by atoms with E-state index in [1.807, 2.05) is 69.3 Å². The summed E-state index contributed by atoms with van der Waals surface area (Å²) in [7, 11) is 0. The number of nitrogens with zero attached hydrogens (tertiary/aromatic N) is 1. The number of carbonyl (C=O) groups excluding carboxylic acids is 2. The predicted octanol–water partition coefficient (Wildman–Crippen LogP) is 4.99. The van der Waals surface area contributed by atoms with E-state index in [1.165, 1.54) is 17.0 Å². The van der Waals surface area contributed by atoms with Crippen molar-refractivity contribution in [2.24, 2.45) is 0 Å². The number of amides is 2. The molecule has 1 atom stereocenters. The molecule has 0 saturated heterocycles. The first kappa shape index (κ1) is 25.9. The van der Waals surface area contributed by atoms with Gasteiger partial charge in [0.25, 0.3) is 5.91 Å². The molecule has 3 aromatic carbocycles. The average Bonchev–Trinajstić information content (AvgIpc) is 2.85. The van der Waals surface area contributed by atoms with Crippen LogP contribution in [0.3, 0.4) is 0 Å². The van der Waals surface area contributed by atoms with E-state index in [-0.39, 0.29) is 30.8 Å². The zero-order valence-electron chi connectivity index (χ0n) is 20.6. The maximum atomic E-state index is 13.5. The Bertz CT molecular complexity index is 1120. The summed E-state index contributed by atoms with van der Waals surface area (Å²) in [5.41, 5.74) is 3.71. The minimum atomic E-state index is -0.746. The summed E-state index contributed by atoms with van der Waals surface area (Å²) in [4.78, 5) is 28.3. The second kappa shape index (κ2) is 12.7. The molecule has 5 nitrogen and oxygen atoms in total. The van der Waals surface area contributed by atoms with E-state index in [0.29, 0.717) is 18.7 Å². The molecule has 0 spiro atoms. The van der Waals surface area contributed by atoms with Gasteiger partial charge in [-0.05, 0) is 55.2 Å². The van der Waals surface area contributed by atoms with E-state index >= 15 is 0 Å². The number of hydrogen-bond acceptors (Lipinski definition) is 3. The molecule has 3 aromatic rings. The zero-order valence-corrected chi connectivity index (χ0v) is 20.6. The third-order valence-corrected chi connectivity index (χ3v) is 5.77. The SMILES string of the molecule is CCCNC(=O)[C@H](Cc1ccccc1)N(Cc1ccc(F)cc1)C(=O)COc1ccc(C)cc1C. The van der Waals surface area contributed by atoms with Crippen molar-refractivity contribution in [2.75, 3.05) is 13.2 Å². The number of benzene rings is 3. The van der Waals surface area contributed by atoms with Gasteiger partial charge in [-0.3, -0.25) is 9.59 Å². The molecule has 184 valence electrons. The molecule has 0 aliphatic carbocycles. The van der Waals surface area contributed by atoms with Gasteiger partial charge in [-0.15, -0.1) is 0 Å². The molecular weight excluding hydrogens is 443 g/mol. The Morgan fingerprint density at radius 1 is 0.971 bits per heavy atom. The summed E-state index contributed by atoms with van der Waals surface area (Å²) in [6.07, 6.45) is 1.14. The van der Waals surface area contributed by atoms with Crippen LogP contribution in [-0.2, 0) is 22.6 Å². The highest BCUT2D eigenvalue weighted by Crippen LogP contribution is 2.20. The van der Waals surface area contributed by atoms with Gasteiger partial charge in [0.15, 0.2) is 6.61 Å². The van der Waals surface area contributed by atoms with Crippen molar-refractivity contribution >= 4 is 11.8 Å². The van der Waals surface area contributed by atoms with Crippen LogP contribution in [0.5, 0.6) is 5.75 Å². The summed E-state index contributed by atoms with van der Waals surface area (Å²) in [5, 5.41) is 2.94. The van der Waals surface area contributed by atoms with Gasteiger partial charge in [-0.2, -0.15) is 0 Å². The molecule has 6 heteroatoms. The molecule has 0 aliphatic heterocycles. The topological polar surface area (TPSA) is 58.6 Å². The van der Waals surface area contributed by atoms with Gasteiger partial charge in [-0.1, -0.05) is 67.1 Å². The van der Waals surface area contributed by atoms with Crippen LogP contribution in [0.15, 0.2) is 72.8 Å². The highest BCUT2D eigenvalue weighted by Gasteiger charge is 2.30. The van der Waals surface area contributed by atoms with Crippen molar-refractivity contribution < 1.29 is 18.7 Å². The summed E-state index contributed by atoms with van der Waals surface area (Å²) in [6, 6.07) is 20.6. The fourth-order valence-corrected chi connectivity index (χ4v) is 3.89. The number of rotatable bonds is 11. The van der Waals surface area contributed by atoms with E-state index in [1.54, 1.807) is 12.1 Å². The molecule has 1 N–H and O–H groups in total. The molecule has 0 saturated carbocycles. The molecule has 0 heterocycles. The van der Waals surface area contributed by atoms with E-state index in [9.17, 15) is 14.0 Å². The maximum absolute atomic E-state index is 13.5. The van der Waals surface area contributed by atoms with Crippen LogP contribution in [0.1, 0.15) is 35.6 Å². The fraction of sp³-hybridized carbons (Fsp3) is 0.310. The molecule has 0 fully saturated rings. The molecule has 3 rings (SSSR count). The third-order valence-electron chi connectivity index (χ3n) is 5.77. The number of hydrogen-bond donors (Lipinski definition) is 1. The first-order valence-corrected chi connectivity index (χ1v) is 11.9. The van der Waals surface area contributed by atoms with Gasteiger partial charge in [-0.25, -0.2) is 4.39 Å². The second-order valence-corrected chi connectivity index (χ2v) is 8.70. The highest BCUT2D eigenvalue weighted by atomic mass is 19.1. The van der Waals surface area contributed by atoms with Gasteiger partial charge >= 0.3 is 0 Å². The molecule has 2 amide bonds. The van der Waals surface area contributed by atoms with Crippen LogP contribution in [0, 0.1) is 19.7 Å². The van der Waals surface area contributed by atoms with Crippen molar-refractivity contribution in [2.45, 2.75) is 46.2 Å². The second-order valence-electron chi connectivity index (χ2n) is 8.70. The summed E-state index contributed by atoms with van der Waals surface area (Å²) >= 11 is 0. The minimum Gasteiger partial charge on any atom is -0.483 e. The van der Waals surface area contributed by atoms with Crippen LogP contribution < -0.4 is 10.1 Å². The quantitative estimate of drug-likeness (QED) is 0.424. The maximum Gasteiger partial charge on any atom is 0.261 e. The lowest BCUT2D eigenvalue weighted by molar-refractivity contribution is -0.142. The van der Waals surface area contributed by atoms with Crippen LogP contribution in [0.25, 0.3) is 0 Å². The van der Waals surface area contributed by atoms with Crippen molar-refractivity contribution in [1.29, 1.82) is 0 Å². The number of carbonyl (C=O) groups is 2. The molecule has 0 radical (unpaired) electrons. The number of ether oxygens (including phenoxy) is 1. The molecule has 0 unspecified atom stereocenters. The van der Waals surface area contributed by atoms with E-state index in [2.05, 4.69) is 5.32 Å². The van der Waals surface area contributed by atoms with Gasteiger partial charge in [0.1, 0.15) is 17.6 Å². The highest BCUT2D eigenvalue weighted by molar-refractivity contribution is 5.88. The molecule has 0 aliphatic rings. The normalized spacial score (nSPS) is 11.5. The van der Waals surface area contributed by atoms with Gasteiger partial charge in [0.05, 0.1) is 0 Å². The zero-order chi connectivity index (χ0) is 25.2. The standard InChI is InChI=1S/C29H33FN2O3/c1-4-16-31-29(34)26(18-23-8-6-5-7-9-23)32(19-24-11-13-25(30)14-12-24)28(33)20-35-27-15-10-21(2)17-22(27)3/h5-15,17,26H,4,16,18-20H2,1-3H3,(H,31,34)/t26-/m0/s1. The van der Waals surface area contributed by atoms with Gasteiger partial charge in [0, 0.05) is 19.5 Å². The minimum absolute atomic E-state index is 0.159. The lowest BCUT2D eigenvalue weighted by Gasteiger charge is -2.31. The number of nitrogens with one attached hydrogen (secondary N) is 1. The molecule has 0 aromatic heterocycles. The van der Waals surface area contributed by atoms with Crippen molar-refractivity contribution in [1.82, 2.24) is 10.2 Å². The first-order chi connectivity index (χ1) is 16.9. The van der Waals surface area contributed by atoms with Crippen LogP contribution in [0.4, 0.5) is 4.39 Å². The first-order valence-electron chi connectivity index (χ1n) is 11.9. The summed E-state index contributed by atoms with van der Waals surface area (Å²) < 4.78 is 19.4. The smallest absolute Gasteiger partial charge is 0.261 e. The van der Waals surface area contributed by atoms with Crippen LogP contribution >= 0.6 is 0 Å². The Balaban J connectivity index is 1.89. The Hall–Kier alpha value is -3.67. The Labute approximate surface area is 206 Å².